The molecule has 5 nitrogen and oxygen atoms in total. The molecule has 2 heterocycles. The standard InChI is InChI=1S/C9H7F3N2O3/c10-9(11,12)8-13-5-1-2-17-3-4(5)6(14-8)7(15)16/h1-3H2,(H,15,16). The van der Waals surface area contributed by atoms with Crippen molar-refractivity contribution in [2.75, 3.05) is 6.61 Å². The Morgan fingerprint density at radius 1 is 1.35 bits per heavy atom. The summed E-state index contributed by atoms with van der Waals surface area (Å²) in [5, 5.41) is 8.82. The number of hydrogen-bond donors (Lipinski definition) is 1. The zero-order valence-corrected chi connectivity index (χ0v) is 8.41. The Kier molecular flexibility index (Phi) is 2.74. The van der Waals surface area contributed by atoms with E-state index in [4.69, 9.17) is 9.84 Å². The number of ether oxygens (including phenoxy) is 1. The van der Waals surface area contributed by atoms with Crippen LogP contribution in [0.2, 0.25) is 0 Å². The van der Waals surface area contributed by atoms with Gasteiger partial charge < -0.3 is 9.84 Å². The molecule has 0 atom stereocenters. The summed E-state index contributed by atoms with van der Waals surface area (Å²) in [6.07, 6.45) is -4.60. The van der Waals surface area contributed by atoms with E-state index in [-0.39, 0.29) is 30.9 Å². The van der Waals surface area contributed by atoms with Crippen LogP contribution in [-0.4, -0.2) is 27.7 Å². The number of hydrogen-bond acceptors (Lipinski definition) is 4. The van der Waals surface area contributed by atoms with E-state index in [9.17, 15) is 18.0 Å². The van der Waals surface area contributed by atoms with Crippen LogP contribution in [0.15, 0.2) is 0 Å². The molecule has 2 rings (SSSR count). The Bertz CT molecular complexity index is 473. The first-order valence-corrected chi connectivity index (χ1v) is 4.67. The van der Waals surface area contributed by atoms with Crippen LogP contribution >= 0.6 is 0 Å². The minimum atomic E-state index is -4.75. The van der Waals surface area contributed by atoms with Crippen molar-refractivity contribution in [3.8, 4) is 0 Å². The molecule has 0 fully saturated rings. The van der Waals surface area contributed by atoms with Crippen LogP contribution in [0.1, 0.15) is 27.6 Å². The molecule has 1 aliphatic heterocycles. The fourth-order valence-corrected chi connectivity index (χ4v) is 1.54. The summed E-state index contributed by atoms with van der Waals surface area (Å²) < 4.78 is 42.3. The number of rotatable bonds is 1. The number of carbonyl (C=O) groups is 1. The quantitative estimate of drug-likeness (QED) is 0.810. The van der Waals surface area contributed by atoms with Gasteiger partial charge in [-0.15, -0.1) is 0 Å². The second kappa shape index (κ2) is 3.95. The molecule has 1 N–H and O–H groups in total. The SMILES string of the molecule is O=C(O)c1nc(C(F)(F)F)nc2c1COCC2. The van der Waals surface area contributed by atoms with Crippen LogP contribution in [-0.2, 0) is 23.9 Å². The van der Waals surface area contributed by atoms with Crippen LogP contribution in [0.25, 0.3) is 0 Å². The lowest BCUT2D eigenvalue weighted by Gasteiger charge is -2.18. The van der Waals surface area contributed by atoms with Gasteiger partial charge in [0.1, 0.15) is 0 Å². The largest absolute Gasteiger partial charge is 0.476 e. The predicted octanol–water partition coefficient (Wildman–Crippen LogP) is 1.27. The first kappa shape index (κ1) is 11.8. The van der Waals surface area contributed by atoms with Gasteiger partial charge in [0.15, 0.2) is 5.69 Å². The molecular formula is C9H7F3N2O3. The number of aromatic carboxylic acids is 1. The van der Waals surface area contributed by atoms with E-state index in [2.05, 4.69) is 9.97 Å². The van der Waals surface area contributed by atoms with Gasteiger partial charge in [0.05, 0.1) is 18.9 Å². The Morgan fingerprint density at radius 3 is 2.65 bits per heavy atom. The molecule has 1 aliphatic rings. The highest BCUT2D eigenvalue weighted by Gasteiger charge is 2.37. The molecule has 0 spiro atoms. The van der Waals surface area contributed by atoms with Crippen molar-refractivity contribution in [2.24, 2.45) is 0 Å². The number of nitrogens with zero attached hydrogens (tertiary/aromatic N) is 2. The lowest BCUT2D eigenvalue weighted by atomic mass is 10.1. The fraction of sp³-hybridized carbons (Fsp3) is 0.444. The van der Waals surface area contributed by atoms with Crippen molar-refractivity contribution < 1.29 is 27.8 Å². The Hall–Kier alpha value is -1.70. The Labute approximate surface area is 93.3 Å². The van der Waals surface area contributed by atoms with Gasteiger partial charge >= 0.3 is 12.1 Å². The molecule has 0 saturated heterocycles. The number of alkyl halides is 3. The van der Waals surface area contributed by atoms with Crippen molar-refractivity contribution in [3.05, 3.63) is 22.8 Å². The van der Waals surface area contributed by atoms with Gasteiger partial charge in [-0.1, -0.05) is 0 Å². The van der Waals surface area contributed by atoms with Crippen molar-refractivity contribution in [2.45, 2.75) is 19.2 Å². The predicted molar refractivity (Wildman–Crippen MR) is 47.4 cm³/mol. The molecule has 0 unspecified atom stereocenters. The van der Waals surface area contributed by atoms with Gasteiger partial charge in [0.25, 0.3) is 0 Å². The van der Waals surface area contributed by atoms with Crippen molar-refractivity contribution in [1.29, 1.82) is 0 Å². The third-order valence-corrected chi connectivity index (χ3v) is 2.28. The number of carboxylic acids is 1. The van der Waals surface area contributed by atoms with E-state index in [0.29, 0.717) is 0 Å². The summed E-state index contributed by atoms with van der Waals surface area (Å²) >= 11 is 0. The lowest BCUT2D eigenvalue weighted by molar-refractivity contribution is -0.145. The van der Waals surface area contributed by atoms with Gasteiger partial charge in [-0.3, -0.25) is 0 Å². The molecule has 1 aromatic rings. The smallest absolute Gasteiger partial charge is 0.451 e. The van der Waals surface area contributed by atoms with Crippen LogP contribution < -0.4 is 0 Å². The van der Waals surface area contributed by atoms with E-state index >= 15 is 0 Å². The molecule has 0 saturated carbocycles. The molecule has 0 radical (unpaired) electrons. The highest BCUT2D eigenvalue weighted by atomic mass is 19.4. The van der Waals surface area contributed by atoms with Crippen LogP contribution in [0.3, 0.4) is 0 Å². The van der Waals surface area contributed by atoms with Crippen LogP contribution in [0, 0.1) is 0 Å². The molecule has 0 bridgehead atoms. The van der Waals surface area contributed by atoms with Crippen molar-refractivity contribution in [3.63, 3.8) is 0 Å². The minimum Gasteiger partial charge on any atom is -0.476 e. The Balaban J connectivity index is 2.60. The second-order valence-electron chi connectivity index (χ2n) is 3.43. The molecule has 1 aromatic heterocycles. The average Bonchev–Trinajstić information content (AvgIpc) is 2.26. The van der Waals surface area contributed by atoms with Gasteiger partial charge in [-0.25, -0.2) is 14.8 Å². The fourth-order valence-electron chi connectivity index (χ4n) is 1.54. The minimum absolute atomic E-state index is 0.0743. The van der Waals surface area contributed by atoms with Crippen LogP contribution in [0.5, 0.6) is 0 Å². The van der Waals surface area contributed by atoms with Gasteiger partial charge in [-0.05, 0) is 0 Å². The van der Waals surface area contributed by atoms with E-state index in [0.717, 1.165) is 0 Å². The first-order chi connectivity index (χ1) is 7.89. The maximum Gasteiger partial charge on any atom is 0.451 e. The Morgan fingerprint density at radius 2 is 2.06 bits per heavy atom. The average molecular weight is 248 g/mol. The van der Waals surface area contributed by atoms with Gasteiger partial charge in [0, 0.05) is 12.0 Å². The third kappa shape index (κ3) is 2.21. The highest BCUT2D eigenvalue weighted by molar-refractivity contribution is 5.87. The normalized spacial score (nSPS) is 15.5. The second-order valence-corrected chi connectivity index (χ2v) is 3.43. The zero-order chi connectivity index (χ0) is 12.6. The summed E-state index contributed by atoms with van der Waals surface area (Å²) in [5.41, 5.74) is -0.422. The summed E-state index contributed by atoms with van der Waals surface area (Å²) in [4.78, 5) is 17.2. The zero-order valence-electron chi connectivity index (χ0n) is 8.41. The van der Waals surface area contributed by atoms with E-state index in [1.54, 1.807) is 0 Å². The molecule has 17 heavy (non-hydrogen) atoms. The number of aromatic nitrogens is 2. The van der Waals surface area contributed by atoms with Gasteiger partial charge in [-0.2, -0.15) is 13.2 Å². The van der Waals surface area contributed by atoms with Crippen LogP contribution in [0.4, 0.5) is 13.2 Å². The molecule has 92 valence electrons. The molecule has 0 aliphatic carbocycles. The maximum absolute atomic E-state index is 12.5. The molecule has 0 aromatic carbocycles. The summed E-state index contributed by atoms with van der Waals surface area (Å²) in [7, 11) is 0. The molecular weight excluding hydrogens is 241 g/mol. The summed E-state index contributed by atoms with van der Waals surface area (Å²) in [5.74, 6) is -2.94. The number of halogens is 3. The maximum atomic E-state index is 12.5. The van der Waals surface area contributed by atoms with Gasteiger partial charge in [0.2, 0.25) is 5.82 Å². The highest BCUT2D eigenvalue weighted by Crippen LogP contribution is 2.28. The summed E-state index contributed by atoms with van der Waals surface area (Å²) in [6, 6.07) is 0. The van der Waals surface area contributed by atoms with Crippen molar-refractivity contribution in [1.82, 2.24) is 9.97 Å². The lowest BCUT2D eigenvalue weighted by Crippen LogP contribution is -2.23. The van der Waals surface area contributed by atoms with E-state index < -0.39 is 23.7 Å². The number of carboxylic acid groups (broad SMARTS) is 1. The topological polar surface area (TPSA) is 72.3 Å². The first-order valence-electron chi connectivity index (χ1n) is 4.67. The van der Waals surface area contributed by atoms with Crippen molar-refractivity contribution >= 4 is 5.97 Å². The molecule has 0 amide bonds. The van der Waals surface area contributed by atoms with E-state index in [1.165, 1.54) is 0 Å². The number of fused-ring (bicyclic) bond motifs is 1. The van der Waals surface area contributed by atoms with E-state index in [1.807, 2.05) is 0 Å². The monoisotopic (exact) mass is 248 g/mol. The molecule has 8 heteroatoms. The summed E-state index contributed by atoms with van der Waals surface area (Å²) in [6.45, 7) is 0.148. The third-order valence-electron chi connectivity index (χ3n) is 2.28.